The van der Waals surface area contributed by atoms with E-state index in [1.165, 1.54) is 19.1 Å². The van der Waals surface area contributed by atoms with Crippen LogP contribution in [0.2, 0.25) is 0 Å². The number of carbonyl (C=O) groups is 1. The van der Waals surface area contributed by atoms with Crippen molar-refractivity contribution < 1.29 is 13.2 Å². The number of anilines is 1. The van der Waals surface area contributed by atoms with E-state index in [4.69, 9.17) is 5.73 Å². The van der Waals surface area contributed by atoms with Crippen LogP contribution in [0.4, 0.5) is 5.69 Å². The third-order valence-electron chi connectivity index (χ3n) is 2.57. The highest BCUT2D eigenvalue weighted by Crippen LogP contribution is 2.18. The van der Waals surface area contributed by atoms with Gasteiger partial charge >= 0.3 is 0 Å². The predicted molar refractivity (Wildman–Crippen MR) is 70.8 cm³/mol. The Balaban J connectivity index is 2.96. The lowest BCUT2D eigenvalue weighted by atomic mass is 10.3. The Bertz CT molecular complexity index is 526. The zero-order valence-electron chi connectivity index (χ0n) is 10.5. The summed E-state index contributed by atoms with van der Waals surface area (Å²) in [5, 5.41) is 1.45. The van der Waals surface area contributed by atoms with E-state index in [1.54, 1.807) is 12.1 Å². The van der Waals surface area contributed by atoms with Crippen molar-refractivity contribution >= 4 is 21.4 Å². The molecular weight excluding hydrogens is 252 g/mol. The Morgan fingerprint density at radius 3 is 2.67 bits per heavy atom. The summed E-state index contributed by atoms with van der Waals surface area (Å²) in [6, 6.07) is 5.95. The molecule has 0 aromatic heterocycles. The van der Waals surface area contributed by atoms with Crippen LogP contribution in [-0.2, 0) is 14.6 Å². The molecule has 6 heteroatoms. The number of sulfone groups is 1. The fraction of sp³-hybridized carbons (Fsp3) is 0.417. The van der Waals surface area contributed by atoms with E-state index in [2.05, 4.69) is 5.32 Å². The van der Waals surface area contributed by atoms with E-state index in [-0.39, 0.29) is 4.90 Å². The summed E-state index contributed by atoms with van der Waals surface area (Å²) in [6.45, 7) is 3.75. The Hall–Kier alpha value is -1.56. The highest BCUT2D eigenvalue weighted by molar-refractivity contribution is 7.92. The summed E-state index contributed by atoms with van der Waals surface area (Å²) in [5.74, 6) is -0.487. The van der Waals surface area contributed by atoms with Gasteiger partial charge in [0.15, 0.2) is 9.84 Å². The van der Waals surface area contributed by atoms with Crippen molar-refractivity contribution in [3.8, 4) is 0 Å². The quantitative estimate of drug-likeness (QED) is 0.780. The normalized spacial score (nSPS) is 13.0. The molecule has 1 atom stereocenters. The van der Waals surface area contributed by atoms with Crippen molar-refractivity contribution in [2.24, 2.45) is 0 Å². The summed E-state index contributed by atoms with van der Waals surface area (Å²) >= 11 is 0. The zero-order chi connectivity index (χ0) is 13.8. The van der Waals surface area contributed by atoms with Crippen LogP contribution in [-0.4, -0.2) is 26.1 Å². The highest BCUT2D eigenvalue weighted by Gasteiger charge is 2.29. The predicted octanol–water partition coefficient (Wildman–Crippen LogP) is 0.957. The molecule has 100 valence electrons. The SMILES string of the molecule is CCCNC(=O)C(C)S(=O)(=O)c1cccc(N)c1. The van der Waals surface area contributed by atoms with E-state index in [0.29, 0.717) is 12.2 Å². The minimum absolute atomic E-state index is 0.0710. The second-order valence-corrected chi connectivity index (χ2v) is 6.32. The number of hydrogen-bond donors (Lipinski definition) is 2. The van der Waals surface area contributed by atoms with E-state index >= 15 is 0 Å². The monoisotopic (exact) mass is 270 g/mol. The number of nitrogens with two attached hydrogens (primary N) is 1. The Morgan fingerprint density at radius 1 is 1.44 bits per heavy atom. The van der Waals surface area contributed by atoms with E-state index in [1.807, 2.05) is 6.92 Å². The van der Waals surface area contributed by atoms with E-state index < -0.39 is 21.0 Å². The van der Waals surface area contributed by atoms with Crippen LogP contribution in [0.5, 0.6) is 0 Å². The number of benzene rings is 1. The van der Waals surface area contributed by atoms with Crippen molar-refractivity contribution in [2.75, 3.05) is 12.3 Å². The number of carbonyl (C=O) groups excluding carboxylic acids is 1. The van der Waals surface area contributed by atoms with Crippen LogP contribution >= 0.6 is 0 Å². The summed E-state index contributed by atoms with van der Waals surface area (Å²) in [5.41, 5.74) is 5.91. The van der Waals surface area contributed by atoms with Crippen molar-refractivity contribution in [3.63, 3.8) is 0 Å². The van der Waals surface area contributed by atoms with Gasteiger partial charge in [-0.2, -0.15) is 0 Å². The molecule has 1 amide bonds. The van der Waals surface area contributed by atoms with Gasteiger partial charge in [0.1, 0.15) is 5.25 Å². The first kappa shape index (κ1) is 14.5. The first-order valence-corrected chi connectivity index (χ1v) is 7.31. The third-order valence-corrected chi connectivity index (χ3v) is 4.63. The lowest BCUT2D eigenvalue weighted by Crippen LogP contribution is -2.38. The minimum Gasteiger partial charge on any atom is -0.399 e. The van der Waals surface area contributed by atoms with Crippen LogP contribution in [0.15, 0.2) is 29.2 Å². The van der Waals surface area contributed by atoms with Gasteiger partial charge in [-0.05, 0) is 31.5 Å². The fourth-order valence-corrected chi connectivity index (χ4v) is 2.77. The second kappa shape index (κ2) is 5.86. The number of nitrogens with one attached hydrogen (secondary N) is 1. The summed E-state index contributed by atoms with van der Waals surface area (Å²) in [6.07, 6.45) is 0.761. The molecule has 1 unspecified atom stereocenters. The van der Waals surface area contributed by atoms with Crippen LogP contribution < -0.4 is 11.1 Å². The molecule has 0 saturated heterocycles. The van der Waals surface area contributed by atoms with Gasteiger partial charge in [0.25, 0.3) is 0 Å². The molecule has 5 nitrogen and oxygen atoms in total. The van der Waals surface area contributed by atoms with Crippen LogP contribution in [0, 0.1) is 0 Å². The van der Waals surface area contributed by atoms with Gasteiger partial charge in [0.05, 0.1) is 4.90 Å². The molecule has 0 saturated carbocycles. The van der Waals surface area contributed by atoms with Crippen molar-refractivity contribution in [3.05, 3.63) is 24.3 Å². The molecule has 0 bridgehead atoms. The van der Waals surface area contributed by atoms with Crippen LogP contribution in [0.3, 0.4) is 0 Å². The number of amides is 1. The van der Waals surface area contributed by atoms with Gasteiger partial charge in [0, 0.05) is 12.2 Å². The van der Waals surface area contributed by atoms with Crippen LogP contribution in [0.25, 0.3) is 0 Å². The molecule has 1 aromatic rings. The summed E-state index contributed by atoms with van der Waals surface area (Å²) < 4.78 is 24.3. The molecule has 0 fully saturated rings. The minimum atomic E-state index is -3.68. The zero-order valence-corrected chi connectivity index (χ0v) is 11.3. The Kier molecular flexibility index (Phi) is 4.72. The smallest absolute Gasteiger partial charge is 0.238 e. The lowest BCUT2D eigenvalue weighted by Gasteiger charge is -2.13. The third kappa shape index (κ3) is 3.22. The maximum atomic E-state index is 12.2. The molecule has 0 aliphatic carbocycles. The molecule has 0 radical (unpaired) electrons. The second-order valence-electron chi connectivity index (χ2n) is 4.05. The molecule has 3 N–H and O–H groups in total. The van der Waals surface area contributed by atoms with Crippen molar-refractivity contribution in [1.82, 2.24) is 5.32 Å². The molecule has 0 aliphatic heterocycles. The van der Waals surface area contributed by atoms with E-state index in [0.717, 1.165) is 6.42 Å². The maximum absolute atomic E-state index is 12.2. The standard InChI is InChI=1S/C12H18N2O3S/c1-3-7-14-12(15)9(2)18(16,17)11-6-4-5-10(13)8-11/h4-6,8-9H,3,7,13H2,1-2H3,(H,14,15). The lowest BCUT2D eigenvalue weighted by molar-refractivity contribution is -0.120. The maximum Gasteiger partial charge on any atom is 0.238 e. The molecule has 1 rings (SSSR count). The Labute approximate surface area is 107 Å². The largest absolute Gasteiger partial charge is 0.399 e. The molecule has 0 heterocycles. The van der Waals surface area contributed by atoms with Gasteiger partial charge in [-0.15, -0.1) is 0 Å². The first-order valence-electron chi connectivity index (χ1n) is 5.76. The topological polar surface area (TPSA) is 89.3 Å². The summed E-state index contributed by atoms with van der Waals surface area (Å²) in [4.78, 5) is 11.8. The fourth-order valence-electron chi connectivity index (χ4n) is 1.43. The number of nitrogen functional groups attached to an aromatic ring is 1. The van der Waals surface area contributed by atoms with Gasteiger partial charge in [0.2, 0.25) is 5.91 Å². The molecule has 18 heavy (non-hydrogen) atoms. The molecular formula is C12H18N2O3S. The first-order chi connectivity index (χ1) is 8.39. The van der Waals surface area contributed by atoms with Crippen LogP contribution in [0.1, 0.15) is 20.3 Å². The Morgan fingerprint density at radius 2 is 2.11 bits per heavy atom. The molecule has 1 aromatic carbocycles. The summed E-state index contributed by atoms with van der Waals surface area (Å²) in [7, 11) is -3.68. The van der Waals surface area contributed by atoms with Gasteiger partial charge < -0.3 is 11.1 Å². The number of hydrogen-bond acceptors (Lipinski definition) is 4. The van der Waals surface area contributed by atoms with Gasteiger partial charge in [-0.1, -0.05) is 13.0 Å². The van der Waals surface area contributed by atoms with Crippen molar-refractivity contribution in [2.45, 2.75) is 30.4 Å². The highest BCUT2D eigenvalue weighted by atomic mass is 32.2. The van der Waals surface area contributed by atoms with Gasteiger partial charge in [-0.3, -0.25) is 4.79 Å². The average molecular weight is 270 g/mol. The van der Waals surface area contributed by atoms with E-state index in [9.17, 15) is 13.2 Å². The molecule has 0 aliphatic rings. The van der Waals surface area contributed by atoms with Gasteiger partial charge in [-0.25, -0.2) is 8.42 Å². The molecule has 0 spiro atoms. The van der Waals surface area contributed by atoms with Crippen molar-refractivity contribution in [1.29, 1.82) is 0 Å². The number of rotatable bonds is 5. The average Bonchev–Trinajstić information content (AvgIpc) is 2.34.